The Labute approximate surface area is 161 Å². The van der Waals surface area contributed by atoms with Crippen LogP contribution >= 0.6 is 0 Å². The quantitative estimate of drug-likeness (QED) is 0.876. The lowest BCUT2D eigenvalue weighted by Crippen LogP contribution is -2.50. The maximum atomic E-state index is 13.0. The van der Waals surface area contributed by atoms with E-state index in [1.54, 1.807) is 7.11 Å². The molecular weight excluding hydrogens is 340 g/mol. The summed E-state index contributed by atoms with van der Waals surface area (Å²) >= 11 is 0. The normalized spacial score (nSPS) is 16.9. The molecule has 1 aliphatic rings. The number of nitrogens with one attached hydrogen (secondary N) is 1. The van der Waals surface area contributed by atoms with Crippen molar-refractivity contribution < 1.29 is 9.53 Å². The van der Waals surface area contributed by atoms with E-state index < -0.39 is 0 Å². The Morgan fingerprint density at radius 3 is 2.74 bits per heavy atom. The summed E-state index contributed by atoms with van der Waals surface area (Å²) in [6, 6.07) is 10.0. The van der Waals surface area contributed by atoms with Gasteiger partial charge in [0.2, 0.25) is 5.88 Å². The van der Waals surface area contributed by atoms with Crippen molar-refractivity contribution in [2.24, 2.45) is 0 Å². The second-order valence-electron chi connectivity index (χ2n) is 7.26. The van der Waals surface area contributed by atoms with E-state index in [4.69, 9.17) is 4.74 Å². The summed E-state index contributed by atoms with van der Waals surface area (Å²) in [5.74, 6) is 0.562. The van der Waals surface area contributed by atoms with E-state index in [1.807, 2.05) is 49.1 Å². The maximum absolute atomic E-state index is 13.0. The van der Waals surface area contributed by atoms with Gasteiger partial charge in [0.15, 0.2) is 0 Å². The molecular formula is C21H30N4O2. The first kappa shape index (κ1) is 19.4. The highest BCUT2D eigenvalue weighted by atomic mass is 16.5. The molecule has 0 saturated carbocycles. The van der Waals surface area contributed by atoms with Gasteiger partial charge in [-0.3, -0.25) is 0 Å². The summed E-state index contributed by atoms with van der Waals surface area (Å²) in [7, 11) is 3.75. The highest BCUT2D eigenvalue weighted by Gasteiger charge is 2.27. The van der Waals surface area contributed by atoms with Crippen LogP contribution in [0.2, 0.25) is 0 Å². The molecule has 0 spiro atoms. The SMILES string of the molecule is CCN(C(=O)N[C@@H](C)c1cc(OC)nc2ccccc12)C1CCN(C)CC1. The van der Waals surface area contributed by atoms with Crippen LogP contribution in [0.3, 0.4) is 0 Å². The second kappa shape index (κ2) is 8.57. The molecule has 27 heavy (non-hydrogen) atoms. The van der Waals surface area contributed by atoms with Gasteiger partial charge >= 0.3 is 6.03 Å². The summed E-state index contributed by atoms with van der Waals surface area (Å²) < 4.78 is 5.35. The van der Waals surface area contributed by atoms with E-state index in [1.165, 1.54) is 0 Å². The number of ether oxygens (including phenoxy) is 1. The molecule has 1 saturated heterocycles. The number of aromatic nitrogens is 1. The first-order valence-electron chi connectivity index (χ1n) is 9.72. The number of hydrogen-bond donors (Lipinski definition) is 1. The van der Waals surface area contributed by atoms with Crippen molar-refractivity contribution in [1.82, 2.24) is 20.1 Å². The highest BCUT2D eigenvalue weighted by molar-refractivity contribution is 5.84. The fourth-order valence-electron chi connectivity index (χ4n) is 3.86. The van der Waals surface area contributed by atoms with Crippen molar-refractivity contribution >= 4 is 16.9 Å². The number of rotatable bonds is 5. The van der Waals surface area contributed by atoms with Crippen molar-refractivity contribution in [3.8, 4) is 5.88 Å². The Morgan fingerprint density at radius 2 is 2.07 bits per heavy atom. The number of carbonyl (C=O) groups is 1. The summed E-state index contributed by atoms with van der Waals surface area (Å²) in [6.45, 7) is 6.86. The third-order valence-electron chi connectivity index (χ3n) is 5.47. The molecule has 2 heterocycles. The minimum atomic E-state index is -0.139. The molecule has 0 radical (unpaired) electrons. The van der Waals surface area contributed by atoms with Gasteiger partial charge in [0.1, 0.15) is 0 Å². The third-order valence-corrected chi connectivity index (χ3v) is 5.47. The lowest BCUT2D eigenvalue weighted by molar-refractivity contribution is 0.133. The first-order chi connectivity index (χ1) is 13.0. The Morgan fingerprint density at radius 1 is 1.37 bits per heavy atom. The molecule has 6 heteroatoms. The van der Waals surface area contributed by atoms with Crippen molar-refractivity contribution in [2.75, 3.05) is 33.8 Å². The summed E-state index contributed by atoms with van der Waals surface area (Å²) in [5, 5.41) is 4.22. The predicted molar refractivity (Wildman–Crippen MR) is 108 cm³/mol. The number of nitrogens with zero attached hydrogens (tertiary/aromatic N) is 3. The van der Waals surface area contributed by atoms with Gasteiger partial charge in [0.05, 0.1) is 18.7 Å². The number of amides is 2. The molecule has 1 atom stereocenters. The fraction of sp³-hybridized carbons (Fsp3) is 0.524. The standard InChI is InChI=1S/C21H30N4O2/c1-5-25(16-10-12-24(3)13-11-16)21(26)22-15(2)18-14-20(27-4)23-19-9-7-6-8-17(18)19/h6-9,14-16H,5,10-13H2,1-4H3,(H,22,26)/t15-/m0/s1. The number of carbonyl (C=O) groups excluding carboxylic acids is 1. The molecule has 2 amide bonds. The zero-order valence-corrected chi connectivity index (χ0v) is 16.7. The lowest BCUT2D eigenvalue weighted by atomic mass is 10.0. The number of urea groups is 1. The number of para-hydroxylation sites is 1. The average molecular weight is 370 g/mol. The molecule has 1 fully saturated rings. The molecule has 1 N–H and O–H groups in total. The van der Waals surface area contributed by atoms with Crippen LogP contribution in [-0.4, -0.2) is 60.6 Å². The van der Waals surface area contributed by atoms with Gasteiger partial charge in [-0.05, 0) is 58.5 Å². The van der Waals surface area contributed by atoms with E-state index in [-0.39, 0.29) is 12.1 Å². The van der Waals surface area contributed by atoms with Crippen LogP contribution in [0, 0.1) is 0 Å². The van der Waals surface area contributed by atoms with Crippen LogP contribution in [0.15, 0.2) is 30.3 Å². The Balaban J connectivity index is 1.79. The van der Waals surface area contributed by atoms with Crippen LogP contribution in [-0.2, 0) is 0 Å². The maximum Gasteiger partial charge on any atom is 0.318 e. The van der Waals surface area contributed by atoms with Crippen LogP contribution in [0.1, 0.15) is 38.3 Å². The molecule has 0 unspecified atom stereocenters. The van der Waals surface area contributed by atoms with Gasteiger partial charge in [0, 0.05) is 24.0 Å². The Bertz CT molecular complexity index is 787. The molecule has 1 aromatic heterocycles. The number of benzene rings is 1. The van der Waals surface area contributed by atoms with Gasteiger partial charge in [0.25, 0.3) is 0 Å². The van der Waals surface area contributed by atoms with Crippen LogP contribution in [0.4, 0.5) is 4.79 Å². The summed E-state index contributed by atoms with van der Waals surface area (Å²) in [5.41, 5.74) is 1.89. The van der Waals surface area contributed by atoms with Crippen molar-refractivity contribution in [3.63, 3.8) is 0 Å². The Kier molecular flexibility index (Phi) is 6.16. The summed E-state index contributed by atoms with van der Waals surface area (Å²) in [6.07, 6.45) is 2.05. The van der Waals surface area contributed by atoms with Crippen LogP contribution < -0.4 is 10.1 Å². The van der Waals surface area contributed by atoms with Crippen molar-refractivity contribution in [2.45, 2.75) is 38.8 Å². The minimum Gasteiger partial charge on any atom is -0.481 e. The lowest BCUT2D eigenvalue weighted by Gasteiger charge is -2.37. The van der Waals surface area contributed by atoms with Crippen LogP contribution in [0.5, 0.6) is 5.88 Å². The number of hydrogen-bond acceptors (Lipinski definition) is 4. The smallest absolute Gasteiger partial charge is 0.318 e. The van der Waals surface area contributed by atoms with E-state index in [9.17, 15) is 4.79 Å². The second-order valence-corrected chi connectivity index (χ2v) is 7.26. The molecule has 6 nitrogen and oxygen atoms in total. The molecule has 1 aromatic carbocycles. The summed E-state index contributed by atoms with van der Waals surface area (Å²) in [4.78, 5) is 21.8. The molecule has 0 bridgehead atoms. The topological polar surface area (TPSA) is 57.7 Å². The van der Waals surface area contributed by atoms with Gasteiger partial charge in [-0.2, -0.15) is 0 Å². The first-order valence-corrected chi connectivity index (χ1v) is 9.72. The van der Waals surface area contributed by atoms with Gasteiger partial charge in [-0.15, -0.1) is 0 Å². The third kappa shape index (κ3) is 4.33. The van der Waals surface area contributed by atoms with Gasteiger partial charge in [-0.25, -0.2) is 9.78 Å². The minimum absolute atomic E-state index is 0.000543. The molecule has 146 valence electrons. The molecule has 0 aliphatic carbocycles. The molecule has 1 aliphatic heterocycles. The van der Waals surface area contributed by atoms with Crippen LogP contribution in [0.25, 0.3) is 10.9 Å². The van der Waals surface area contributed by atoms with E-state index in [2.05, 4.69) is 22.2 Å². The number of pyridine rings is 1. The number of likely N-dealkylation sites (tertiary alicyclic amines) is 1. The zero-order chi connectivity index (χ0) is 19.4. The Hall–Kier alpha value is -2.34. The predicted octanol–water partition coefficient (Wildman–Crippen LogP) is 3.43. The average Bonchev–Trinajstić information content (AvgIpc) is 2.69. The monoisotopic (exact) mass is 370 g/mol. The molecule has 3 rings (SSSR count). The highest BCUT2D eigenvalue weighted by Crippen LogP contribution is 2.27. The molecule has 2 aromatic rings. The van der Waals surface area contributed by atoms with Crippen molar-refractivity contribution in [1.29, 1.82) is 0 Å². The number of piperidine rings is 1. The number of fused-ring (bicyclic) bond motifs is 1. The number of methoxy groups -OCH3 is 1. The van der Waals surface area contributed by atoms with E-state index in [0.717, 1.165) is 42.4 Å². The van der Waals surface area contributed by atoms with Gasteiger partial charge < -0.3 is 19.9 Å². The van der Waals surface area contributed by atoms with Crippen molar-refractivity contribution in [3.05, 3.63) is 35.9 Å². The van der Waals surface area contributed by atoms with E-state index in [0.29, 0.717) is 18.5 Å². The van der Waals surface area contributed by atoms with E-state index >= 15 is 0 Å². The zero-order valence-electron chi connectivity index (χ0n) is 16.7. The fourth-order valence-corrected chi connectivity index (χ4v) is 3.86. The largest absolute Gasteiger partial charge is 0.481 e. The van der Waals surface area contributed by atoms with Gasteiger partial charge in [-0.1, -0.05) is 18.2 Å².